The van der Waals surface area contributed by atoms with Crippen molar-refractivity contribution in [2.24, 2.45) is 7.05 Å². The molecule has 0 radical (unpaired) electrons. The maximum absolute atomic E-state index is 11.3. The largest absolute Gasteiger partial charge is 0.419 e. The molecule has 3 N–H and O–H groups in total. The van der Waals surface area contributed by atoms with Crippen LogP contribution in [0.15, 0.2) is 27.4 Å². The van der Waals surface area contributed by atoms with Gasteiger partial charge in [0.25, 0.3) is 0 Å². The van der Waals surface area contributed by atoms with Gasteiger partial charge in [0, 0.05) is 20.1 Å². The van der Waals surface area contributed by atoms with Crippen molar-refractivity contribution in [1.29, 1.82) is 0 Å². The zero-order valence-electron chi connectivity index (χ0n) is 10.1. The van der Waals surface area contributed by atoms with Crippen molar-refractivity contribution in [2.75, 3.05) is 13.2 Å². The number of nitrogens with one attached hydrogen (secondary N) is 1. The van der Waals surface area contributed by atoms with Crippen LogP contribution in [0.4, 0.5) is 0 Å². The van der Waals surface area contributed by atoms with Gasteiger partial charge in [0.1, 0.15) is 0 Å². The highest BCUT2D eigenvalue weighted by Gasteiger charge is 2.06. The molecule has 2 aromatic rings. The Labute approximate surface area is 103 Å². The number of hydrogen-bond acceptors (Lipinski definition) is 5. The van der Waals surface area contributed by atoms with Gasteiger partial charge < -0.3 is 19.9 Å². The summed E-state index contributed by atoms with van der Waals surface area (Å²) < 4.78 is 6.47. The maximum atomic E-state index is 11.3. The number of rotatable bonds is 5. The van der Waals surface area contributed by atoms with E-state index in [0.717, 1.165) is 11.1 Å². The fraction of sp³-hybridized carbons (Fsp3) is 0.417. The summed E-state index contributed by atoms with van der Waals surface area (Å²) in [6.07, 6.45) is -0.757. The molecule has 0 aliphatic carbocycles. The van der Waals surface area contributed by atoms with E-state index in [-0.39, 0.29) is 12.4 Å². The Hall–Kier alpha value is -1.63. The number of aliphatic hydroxyl groups excluding tert-OH is 2. The Morgan fingerprint density at radius 1 is 1.50 bits per heavy atom. The molecule has 0 amide bonds. The van der Waals surface area contributed by atoms with Crippen LogP contribution in [0.2, 0.25) is 0 Å². The molecule has 0 saturated carbocycles. The van der Waals surface area contributed by atoms with Gasteiger partial charge in [-0.1, -0.05) is 6.07 Å². The monoisotopic (exact) mass is 252 g/mol. The van der Waals surface area contributed by atoms with Crippen molar-refractivity contribution >= 4 is 11.1 Å². The average Bonchev–Trinajstić information content (AvgIpc) is 2.65. The zero-order valence-corrected chi connectivity index (χ0v) is 10.1. The van der Waals surface area contributed by atoms with Gasteiger partial charge in [-0.05, 0) is 17.7 Å². The highest BCUT2D eigenvalue weighted by molar-refractivity contribution is 5.73. The van der Waals surface area contributed by atoms with Crippen LogP contribution in [0.1, 0.15) is 5.56 Å². The molecule has 6 heteroatoms. The Morgan fingerprint density at radius 2 is 2.28 bits per heavy atom. The lowest BCUT2D eigenvalue weighted by Crippen LogP contribution is -2.28. The highest BCUT2D eigenvalue weighted by Crippen LogP contribution is 2.13. The summed E-state index contributed by atoms with van der Waals surface area (Å²) in [6, 6.07) is 5.46. The normalized spacial score (nSPS) is 13.1. The SMILES string of the molecule is Cn1c(=O)oc2ccc(CNCC(O)CO)cc21. The quantitative estimate of drug-likeness (QED) is 0.672. The van der Waals surface area contributed by atoms with Crippen molar-refractivity contribution in [1.82, 2.24) is 9.88 Å². The predicted molar refractivity (Wildman–Crippen MR) is 66.3 cm³/mol. The fourth-order valence-electron chi connectivity index (χ4n) is 1.73. The summed E-state index contributed by atoms with van der Waals surface area (Å²) in [6.45, 7) is 0.605. The van der Waals surface area contributed by atoms with Crippen LogP contribution in [0.3, 0.4) is 0 Å². The first kappa shape index (κ1) is 12.8. The molecule has 2 rings (SSSR count). The zero-order chi connectivity index (χ0) is 13.1. The summed E-state index contributed by atoms with van der Waals surface area (Å²) in [7, 11) is 1.65. The van der Waals surface area contributed by atoms with Crippen LogP contribution in [-0.4, -0.2) is 34.0 Å². The Morgan fingerprint density at radius 3 is 3.00 bits per heavy atom. The number of aromatic nitrogens is 1. The van der Waals surface area contributed by atoms with Crippen LogP contribution in [-0.2, 0) is 13.6 Å². The number of aliphatic hydroxyl groups is 2. The van der Waals surface area contributed by atoms with Gasteiger partial charge >= 0.3 is 5.76 Å². The number of oxazole rings is 1. The molecule has 1 atom stereocenters. The molecule has 0 saturated heterocycles. The predicted octanol–water partition coefficient (Wildman–Crippen LogP) is -0.426. The number of nitrogens with zero attached hydrogens (tertiary/aromatic N) is 1. The summed E-state index contributed by atoms with van der Waals surface area (Å²) in [4.78, 5) is 11.3. The molecule has 98 valence electrons. The van der Waals surface area contributed by atoms with Crippen LogP contribution >= 0.6 is 0 Å². The molecule has 1 unspecified atom stereocenters. The van der Waals surface area contributed by atoms with Crippen LogP contribution < -0.4 is 11.1 Å². The number of aryl methyl sites for hydroxylation is 1. The standard InChI is InChI=1S/C12H16N2O4/c1-14-10-4-8(5-13-6-9(16)7-15)2-3-11(10)18-12(14)17/h2-4,9,13,15-16H,5-7H2,1H3. The van der Waals surface area contributed by atoms with Crippen molar-refractivity contribution in [3.05, 3.63) is 34.3 Å². The second kappa shape index (κ2) is 5.34. The lowest BCUT2D eigenvalue weighted by Gasteiger charge is -2.08. The van der Waals surface area contributed by atoms with E-state index in [1.807, 2.05) is 12.1 Å². The highest BCUT2D eigenvalue weighted by atomic mass is 16.4. The number of hydrogen-bond donors (Lipinski definition) is 3. The number of benzene rings is 1. The van der Waals surface area contributed by atoms with E-state index in [9.17, 15) is 9.90 Å². The lowest BCUT2D eigenvalue weighted by molar-refractivity contribution is 0.0942. The second-order valence-electron chi connectivity index (χ2n) is 4.20. The first-order chi connectivity index (χ1) is 8.61. The van der Waals surface area contributed by atoms with E-state index in [1.54, 1.807) is 13.1 Å². The van der Waals surface area contributed by atoms with Gasteiger partial charge in [0.15, 0.2) is 5.58 Å². The third-order valence-corrected chi connectivity index (χ3v) is 2.78. The first-order valence-electron chi connectivity index (χ1n) is 5.70. The van der Waals surface area contributed by atoms with Gasteiger partial charge in [-0.15, -0.1) is 0 Å². The van der Waals surface area contributed by atoms with E-state index in [2.05, 4.69) is 5.32 Å². The van der Waals surface area contributed by atoms with Gasteiger partial charge in [-0.2, -0.15) is 0 Å². The van der Waals surface area contributed by atoms with Gasteiger partial charge in [-0.3, -0.25) is 4.57 Å². The smallest absolute Gasteiger partial charge is 0.408 e. The van der Waals surface area contributed by atoms with Crippen LogP contribution in [0, 0.1) is 0 Å². The Kier molecular flexibility index (Phi) is 3.81. The second-order valence-corrected chi connectivity index (χ2v) is 4.20. The van der Waals surface area contributed by atoms with E-state index in [1.165, 1.54) is 4.57 Å². The molecule has 1 aromatic heterocycles. The van der Waals surface area contributed by atoms with E-state index in [4.69, 9.17) is 9.52 Å². The minimum Gasteiger partial charge on any atom is -0.408 e. The third-order valence-electron chi connectivity index (χ3n) is 2.78. The fourth-order valence-corrected chi connectivity index (χ4v) is 1.73. The number of fused-ring (bicyclic) bond motifs is 1. The van der Waals surface area contributed by atoms with Crippen molar-refractivity contribution in [3.63, 3.8) is 0 Å². The molecular formula is C12H16N2O4. The molecule has 0 spiro atoms. The molecule has 0 aliphatic heterocycles. The molecule has 18 heavy (non-hydrogen) atoms. The maximum Gasteiger partial charge on any atom is 0.419 e. The van der Waals surface area contributed by atoms with Gasteiger partial charge in [-0.25, -0.2) is 4.79 Å². The summed E-state index contributed by atoms with van der Waals surface area (Å²) in [5.74, 6) is -0.384. The minimum atomic E-state index is -0.757. The first-order valence-corrected chi connectivity index (χ1v) is 5.70. The molecule has 1 aromatic carbocycles. The van der Waals surface area contributed by atoms with Crippen LogP contribution in [0.25, 0.3) is 11.1 Å². The third kappa shape index (κ3) is 2.61. The molecule has 0 fully saturated rings. The Balaban J connectivity index is 2.10. The summed E-state index contributed by atoms with van der Waals surface area (Å²) >= 11 is 0. The van der Waals surface area contributed by atoms with Crippen LogP contribution in [0.5, 0.6) is 0 Å². The summed E-state index contributed by atoms with van der Waals surface area (Å²) in [5, 5.41) is 20.9. The van der Waals surface area contributed by atoms with Crippen molar-refractivity contribution < 1.29 is 14.6 Å². The van der Waals surface area contributed by atoms with Crippen molar-refractivity contribution in [3.8, 4) is 0 Å². The summed E-state index contributed by atoms with van der Waals surface area (Å²) in [5.41, 5.74) is 2.27. The molecule has 0 bridgehead atoms. The topological polar surface area (TPSA) is 87.6 Å². The van der Waals surface area contributed by atoms with Crippen molar-refractivity contribution in [2.45, 2.75) is 12.6 Å². The molecule has 0 aliphatic rings. The molecule has 6 nitrogen and oxygen atoms in total. The molecule has 1 heterocycles. The average molecular weight is 252 g/mol. The van der Waals surface area contributed by atoms with Gasteiger partial charge in [0.05, 0.1) is 18.2 Å². The van der Waals surface area contributed by atoms with E-state index >= 15 is 0 Å². The molecular weight excluding hydrogens is 236 g/mol. The van der Waals surface area contributed by atoms with Gasteiger partial charge in [0.2, 0.25) is 0 Å². The van der Waals surface area contributed by atoms with E-state index in [0.29, 0.717) is 18.7 Å². The van der Waals surface area contributed by atoms with E-state index < -0.39 is 6.10 Å². The Bertz CT molecular complexity index is 587. The minimum absolute atomic E-state index is 0.262. The lowest BCUT2D eigenvalue weighted by atomic mass is 10.2.